The third-order valence-electron chi connectivity index (χ3n) is 5.79. The summed E-state index contributed by atoms with van der Waals surface area (Å²) >= 11 is 0. The molecule has 0 saturated carbocycles. The summed E-state index contributed by atoms with van der Waals surface area (Å²) in [4.78, 5) is 29.7. The number of ether oxygens (including phenoxy) is 1. The summed E-state index contributed by atoms with van der Waals surface area (Å²) in [6.07, 6.45) is 1.74. The van der Waals surface area contributed by atoms with E-state index in [9.17, 15) is 14.0 Å². The van der Waals surface area contributed by atoms with Crippen molar-refractivity contribution in [3.05, 3.63) is 119 Å². The van der Waals surface area contributed by atoms with Crippen LogP contribution in [-0.4, -0.2) is 30.9 Å². The summed E-state index contributed by atoms with van der Waals surface area (Å²) in [5.41, 5.74) is 2.63. The van der Waals surface area contributed by atoms with Crippen molar-refractivity contribution in [3.8, 4) is 5.75 Å². The van der Waals surface area contributed by atoms with Crippen LogP contribution >= 0.6 is 0 Å². The molecule has 4 rings (SSSR count). The molecule has 0 aliphatic rings. The van der Waals surface area contributed by atoms with E-state index < -0.39 is 0 Å². The molecule has 4 aromatic rings. The van der Waals surface area contributed by atoms with Crippen LogP contribution in [0.3, 0.4) is 0 Å². The molecule has 1 aromatic heterocycles. The van der Waals surface area contributed by atoms with Crippen molar-refractivity contribution in [2.24, 2.45) is 0 Å². The molecule has 0 radical (unpaired) electrons. The van der Waals surface area contributed by atoms with Gasteiger partial charge in [-0.05, 0) is 65.7 Å². The lowest BCUT2D eigenvalue weighted by molar-refractivity contribution is -0.129. The van der Waals surface area contributed by atoms with Crippen molar-refractivity contribution in [1.82, 2.24) is 4.90 Å². The maximum absolute atomic E-state index is 13.6. The zero-order valence-electron chi connectivity index (χ0n) is 20.2. The van der Waals surface area contributed by atoms with Crippen LogP contribution in [0.5, 0.6) is 5.75 Å². The summed E-state index contributed by atoms with van der Waals surface area (Å²) in [6.45, 7) is 0.600. The van der Waals surface area contributed by atoms with E-state index in [1.165, 1.54) is 12.1 Å². The maximum atomic E-state index is 13.6. The number of likely N-dealkylation sites (N-methyl/N-ethyl adjacent to an activating group) is 1. The number of anilines is 1. The Hall–Kier alpha value is -4.39. The van der Waals surface area contributed by atoms with Crippen LogP contribution in [0.15, 0.2) is 95.6 Å². The van der Waals surface area contributed by atoms with Gasteiger partial charge in [0.15, 0.2) is 0 Å². The zero-order valence-corrected chi connectivity index (χ0v) is 20.2. The molecule has 3 aromatic carbocycles. The highest BCUT2D eigenvalue weighted by atomic mass is 19.1. The minimum Gasteiger partial charge on any atom is -0.497 e. The van der Waals surface area contributed by atoms with Crippen LogP contribution in [-0.2, 0) is 24.3 Å². The molecule has 2 amide bonds. The third-order valence-corrected chi connectivity index (χ3v) is 5.79. The van der Waals surface area contributed by atoms with Crippen LogP contribution < -0.4 is 9.64 Å². The predicted octanol–water partition coefficient (Wildman–Crippen LogP) is 5.48. The summed E-state index contributed by atoms with van der Waals surface area (Å²) in [7, 11) is 3.27. The van der Waals surface area contributed by atoms with Crippen molar-refractivity contribution in [3.63, 3.8) is 0 Å². The highest BCUT2D eigenvalue weighted by Crippen LogP contribution is 2.24. The van der Waals surface area contributed by atoms with E-state index in [1.54, 1.807) is 72.7 Å². The molecule has 0 aliphatic carbocycles. The summed E-state index contributed by atoms with van der Waals surface area (Å²) < 4.78 is 24.1. The van der Waals surface area contributed by atoms with Crippen LogP contribution in [0.4, 0.5) is 10.1 Å². The Morgan fingerprint density at radius 2 is 1.67 bits per heavy atom. The van der Waals surface area contributed by atoms with Gasteiger partial charge in [-0.2, -0.15) is 0 Å². The Labute approximate surface area is 209 Å². The van der Waals surface area contributed by atoms with E-state index in [4.69, 9.17) is 9.15 Å². The molecule has 184 valence electrons. The number of rotatable bonds is 9. The van der Waals surface area contributed by atoms with Gasteiger partial charge in [0.05, 0.1) is 32.9 Å². The lowest BCUT2D eigenvalue weighted by Gasteiger charge is -2.24. The number of furan rings is 1. The topological polar surface area (TPSA) is 63.0 Å². The predicted molar refractivity (Wildman–Crippen MR) is 135 cm³/mol. The highest BCUT2D eigenvalue weighted by Gasteiger charge is 2.20. The number of carbonyl (C=O) groups excluding carboxylic acids is 2. The fourth-order valence-corrected chi connectivity index (χ4v) is 3.83. The number of carbonyl (C=O) groups is 2. The number of amides is 2. The Kier molecular flexibility index (Phi) is 7.80. The van der Waals surface area contributed by atoms with Crippen molar-refractivity contribution in [2.75, 3.05) is 19.1 Å². The van der Waals surface area contributed by atoms with Gasteiger partial charge in [0, 0.05) is 18.3 Å². The monoisotopic (exact) mass is 486 g/mol. The Morgan fingerprint density at radius 1 is 0.889 bits per heavy atom. The first kappa shape index (κ1) is 24.7. The average molecular weight is 487 g/mol. The molecular formula is C29H27FN2O4. The van der Waals surface area contributed by atoms with Gasteiger partial charge in [0.1, 0.15) is 17.3 Å². The Bertz CT molecular complexity index is 1320. The molecule has 7 heteroatoms. The van der Waals surface area contributed by atoms with Crippen molar-refractivity contribution in [2.45, 2.75) is 19.5 Å². The minimum absolute atomic E-state index is 0.0762. The van der Waals surface area contributed by atoms with Crippen LogP contribution in [0, 0.1) is 5.82 Å². The van der Waals surface area contributed by atoms with Crippen molar-refractivity contribution < 1.29 is 23.1 Å². The van der Waals surface area contributed by atoms with Crippen molar-refractivity contribution >= 4 is 17.5 Å². The molecular weight excluding hydrogens is 459 g/mol. The van der Waals surface area contributed by atoms with E-state index in [1.807, 2.05) is 30.3 Å². The molecule has 0 fully saturated rings. The molecule has 0 bridgehead atoms. The average Bonchev–Trinajstić information content (AvgIpc) is 3.41. The molecule has 0 unspecified atom stereocenters. The van der Waals surface area contributed by atoms with Gasteiger partial charge in [-0.15, -0.1) is 0 Å². The Morgan fingerprint density at radius 3 is 2.39 bits per heavy atom. The van der Waals surface area contributed by atoms with Crippen LogP contribution in [0.2, 0.25) is 0 Å². The summed E-state index contributed by atoms with van der Waals surface area (Å²) in [6, 6.07) is 23.9. The molecule has 36 heavy (non-hydrogen) atoms. The maximum Gasteiger partial charge on any atom is 0.258 e. The van der Waals surface area contributed by atoms with Gasteiger partial charge in [-0.25, -0.2) is 4.39 Å². The van der Waals surface area contributed by atoms with Crippen LogP contribution in [0.25, 0.3) is 0 Å². The number of halogens is 1. The highest BCUT2D eigenvalue weighted by molar-refractivity contribution is 6.06. The van der Waals surface area contributed by atoms with Gasteiger partial charge in [0.25, 0.3) is 5.91 Å². The SMILES string of the molecule is COc1cccc(C(=O)N(Cc2ccc(F)cc2)c2cccc(CC(=O)N(C)Cc3ccco3)c2)c1. The molecule has 0 aliphatic heterocycles. The molecule has 0 atom stereocenters. The lowest BCUT2D eigenvalue weighted by Crippen LogP contribution is -2.31. The summed E-state index contributed by atoms with van der Waals surface area (Å²) in [5, 5.41) is 0. The van der Waals surface area contributed by atoms with E-state index in [2.05, 4.69) is 0 Å². The van der Waals surface area contributed by atoms with Crippen molar-refractivity contribution in [1.29, 1.82) is 0 Å². The number of benzene rings is 3. The molecule has 1 heterocycles. The van der Waals surface area contributed by atoms with E-state index in [-0.39, 0.29) is 30.6 Å². The summed E-state index contributed by atoms with van der Waals surface area (Å²) in [5.74, 6) is 0.614. The van der Waals surface area contributed by atoms with Gasteiger partial charge in [-0.1, -0.05) is 30.3 Å². The Balaban J connectivity index is 1.59. The smallest absolute Gasteiger partial charge is 0.258 e. The lowest BCUT2D eigenvalue weighted by atomic mass is 10.1. The second-order valence-corrected chi connectivity index (χ2v) is 8.43. The quantitative estimate of drug-likeness (QED) is 0.315. The first-order valence-corrected chi connectivity index (χ1v) is 11.5. The van der Waals surface area contributed by atoms with Gasteiger partial charge in [-0.3, -0.25) is 9.59 Å². The third kappa shape index (κ3) is 6.18. The molecule has 0 saturated heterocycles. The van der Waals surface area contributed by atoms with E-state index >= 15 is 0 Å². The van der Waals surface area contributed by atoms with Gasteiger partial charge < -0.3 is 19.0 Å². The number of hydrogen-bond acceptors (Lipinski definition) is 4. The normalized spacial score (nSPS) is 10.6. The molecule has 0 N–H and O–H groups in total. The fraction of sp³-hybridized carbons (Fsp3) is 0.172. The zero-order chi connectivity index (χ0) is 25.5. The molecule has 0 spiro atoms. The second kappa shape index (κ2) is 11.4. The number of methoxy groups -OCH3 is 1. The fourth-order valence-electron chi connectivity index (χ4n) is 3.83. The van der Waals surface area contributed by atoms with Gasteiger partial charge in [0.2, 0.25) is 5.91 Å². The van der Waals surface area contributed by atoms with Gasteiger partial charge >= 0.3 is 0 Å². The standard InChI is InChI=1S/C29H27FN2O4/c1-31(20-27-10-5-15-36-27)28(33)17-22-6-3-8-25(16-22)32(19-21-11-13-24(30)14-12-21)29(34)23-7-4-9-26(18-23)35-2/h3-16,18H,17,19-20H2,1-2H3. The van der Waals surface area contributed by atoms with Crippen LogP contribution in [0.1, 0.15) is 27.2 Å². The number of hydrogen-bond donors (Lipinski definition) is 0. The van der Waals surface area contributed by atoms with E-state index in [0.717, 1.165) is 11.1 Å². The molecule has 6 nitrogen and oxygen atoms in total. The first-order chi connectivity index (χ1) is 17.4. The second-order valence-electron chi connectivity index (χ2n) is 8.43. The largest absolute Gasteiger partial charge is 0.497 e. The minimum atomic E-state index is -0.344. The first-order valence-electron chi connectivity index (χ1n) is 11.5. The van der Waals surface area contributed by atoms with E-state index in [0.29, 0.717) is 29.3 Å². The number of nitrogens with zero attached hydrogens (tertiary/aromatic N) is 2.